The van der Waals surface area contributed by atoms with E-state index in [4.69, 9.17) is 21.1 Å². The molecule has 0 saturated heterocycles. The van der Waals surface area contributed by atoms with E-state index in [9.17, 15) is 0 Å². The van der Waals surface area contributed by atoms with Crippen LogP contribution < -0.4 is 9.47 Å². The van der Waals surface area contributed by atoms with E-state index in [1.807, 2.05) is 24.3 Å². The molecule has 1 heterocycles. The Morgan fingerprint density at radius 1 is 1.16 bits per heavy atom. The molecule has 2 rings (SSSR count). The molecule has 19 heavy (non-hydrogen) atoms. The summed E-state index contributed by atoms with van der Waals surface area (Å²) in [6, 6.07) is 3.91. The quantitative estimate of drug-likeness (QED) is 0.746. The Morgan fingerprint density at radius 3 is 2.53 bits per heavy atom. The third-order valence-corrected chi connectivity index (χ3v) is 3.12. The molecule has 0 amide bonds. The highest BCUT2D eigenvalue weighted by atomic mass is 35.5. The SMILES string of the molecule is C=CCN(CC=C)Cc1cc(Cl)c2c(c1)OCCO2. The number of nitrogens with zero attached hydrogens (tertiary/aromatic N) is 1. The molecule has 1 aliphatic heterocycles. The third-order valence-electron chi connectivity index (χ3n) is 2.84. The number of rotatable bonds is 6. The topological polar surface area (TPSA) is 21.7 Å². The van der Waals surface area contributed by atoms with Crippen molar-refractivity contribution in [2.45, 2.75) is 6.54 Å². The molecule has 4 heteroatoms. The molecule has 0 spiro atoms. The van der Waals surface area contributed by atoms with Crippen LogP contribution in [0.1, 0.15) is 5.56 Å². The molecule has 1 aromatic carbocycles. The van der Waals surface area contributed by atoms with E-state index < -0.39 is 0 Å². The van der Waals surface area contributed by atoms with E-state index in [-0.39, 0.29) is 0 Å². The summed E-state index contributed by atoms with van der Waals surface area (Å²) >= 11 is 6.22. The second kappa shape index (κ2) is 6.64. The van der Waals surface area contributed by atoms with E-state index in [1.165, 1.54) is 0 Å². The van der Waals surface area contributed by atoms with E-state index in [2.05, 4.69) is 18.1 Å². The Bertz CT molecular complexity index is 463. The van der Waals surface area contributed by atoms with Crippen LogP contribution in [0, 0.1) is 0 Å². The van der Waals surface area contributed by atoms with Gasteiger partial charge < -0.3 is 9.47 Å². The van der Waals surface area contributed by atoms with Crippen molar-refractivity contribution in [2.75, 3.05) is 26.3 Å². The molecular weight excluding hydrogens is 262 g/mol. The third kappa shape index (κ3) is 3.52. The highest BCUT2D eigenvalue weighted by Gasteiger charge is 2.17. The van der Waals surface area contributed by atoms with Crippen LogP contribution in [-0.2, 0) is 6.54 Å². The highest BCUT2D eigenvalue weighted by molar-refractivity contribution is 6.32. The van der Waals surface area contributed by atoms with E-state index in [0.29, 0.717) is 24.0 Å². The molecule has 1 aliphatic rings. The zero-order chi connectivity index (χ0) is 13.7. The van der Waals surface area contributed by atoms with Crippen LogP contribution in [0.5, 0.6) is 11.5 Å². The first-order chi connectivity index (χ1) is 9.24. The average molecular weight is 280 g/mol. The molecule has 0 bridgehead atoms. The summed E-state index contributed by atoms with van der Waals surface area (Å²) in [6.07, 6.45) is 3.76. The first kappa shape index (κ1) is 14.0. The number of ether oxygens (including phenoxy) is 2. The molecule has 0 saturated carbocycles. The summed E-state index contributed by atoms with van der Waals surface area (Å²) in [6.45, 7) is 11.0. The molecule has 0 unspecified atom stereocenters. The van der Waals surface area contributed by atoms with Gasteiger partial charge in [-0.1, -0.05) is 23.8 Å². The zero-order valence-corrected chi connectivity index (χ0v) is 11.7. The standard InChI is InChI=1S/C15H18ClNO2/c1-3-5-17(6-4-2)11-12-9-13(16)15-14(10-12)18-7-8-19-15/h3-4,9-10H,1-2,5-8,11H2. The molecule has 3 nitrogen and oxygen atoms in total. The number of hydrogen-bond donors (Lipinski definition) is 0. The Labute approximate surface area is 119 Å². The van der Waals surface area contributed by atoms with Gasteiger partial charge in [-0.15, -0.1) is 13.2 Å². The second-order valence-electron chi connectivity index (χ2n) is 4.37. The fourth-order valence-electron chi connectivity index (χ4n) is 2.08. The van der Waals surface area contributed by atoms with Gasteiger partial charge in [-0.25, -0.2) is 0 Å². The summed E-state index contributed by atoms with van der Waals surface area (Å²) in [5.74, 6) is 1.38. The molecule has 0 fully saturated rings. The van der Waals surface area contributed by atoms with Crippen LogP contribution in [0.4, 0.5) is 0 Å². The highest BCUT2D eigenvalue weighted by Crippen LogP contribution is 2.38. The van der Waals surface area contributed by atoms with Crippen molar-refractivity contribution in [3.63, 3.8) is 0 Å². The van der Waals surface area contributed by atoms with E-state index in [1.54, 1.807) is 0 Å². The van der Waals surface area contributed by atoms with Gasteiger partial charge in [0.25, 0.3) is 0 Å². The van der Waals surface area contributed by atoms with Crippen molar-refractivity contribution in [1.29, 1.82) is 0 Å². The van der Waals surface area contributed by atoms with Gasteiger partial charge >= 0.3 is 0 Å². The molecule has 0 N–H and O–H groups in total. The maximum absolute atomic E-state index is 6.22. The van der Waals surface area contributed by atoms with Gasteiger partial charge in [0.05, 0.1) is 5.02 Å². The lowest BCUT2D eigenvalue weighted by Crippen LogP contribution is -2.23. The van der Waals surface area contributed by atoms with Gasteiger partial charge in [-0.3, -0.25) is 4.90 Å². The van der Waals surface area contributed by atoms with Crippen molar-refractivity contribution in [3.05, 3.63) is 48.0 Å². The van der Waals surface area contributed by atoms with Crippen LogP contribution >= 0.6 is 11.6 Å². The summed E-state index contributed by atoms with van der Waals surface area (Å²) in [7, 11) is 0. The monoisotopic (exact) mass is 279 g/mol. The van der Waals surface area contributed by atoms with Crippen LogP contribution in [0.15, 0.2) is 37.4 Å². The van der Waals surface area contributed by atoms with Crippen molar-refractivity contribution in [2.24, 2.45) is 0 Å². The fraction of sp³-hybridized carbons (Fsp3) is 0.333. The van der Waals surface area contributed by atoms with Crippen molar-refractivity contribution >= 4 is 11.6 Å². The summed E-state index contributed by atoms with van der Waals surface area (Å²) in [5.41, 5.74) is 1.10. The molecule has 0 radical (unpaired) electrons. The van der Waals surface area contributed by atoms with Crippen molar-refractivity contribution in [3.8, 4) is 11.5 Å². The van der Waals surface area contributed by atoms with Crippen LogP contribution in [0.25, 0.3) is 0 Å². The van der Waals surface area contributed by atoms with E-state index >= 15 is 0 Å². The van der Waals surface area contributed by atoms with Crippen LogP contribution in [0.2, 0.25) is 5.02 Å². The minimum atomic E-state index is 0.547. The Kier molecular flexibility index (Phi) is 4.88. The van der Waals surface area contributed by atoms with Crippen molar-refractivity contribution in [1.82, 2.24) is 4.90 Å². The maximum atomic E-state index is 6.22. The molecule has 102 valence electrons. The smallest absolute Gasteiger partial charge is 0.179 e. The molecule has 0 aliphatic carbocycles. The Balaban J connectivity index is 2.17. The minimum absolute atomic E-state index is 0.547. The van der Waals surface area contributed by atoms with Gasteiger partial charge in [0.2, 0.25) is 0 Å². The predicted octanol–water partition coefficient (Wildman–Crippen LogP) is 3.29. The number of halogens is 1. The van der Waals surface area contributed by atoms with Gasteiger partial charge in [-0.2, -0.15) is 0 Å². The fourth-order valence-corrected chi connectivity index (χ4v) is 2.37. The first-order valence-electron chi connectivity index (χ1n) is 6.26. The lowest BCUT2D eigenvalue weighted by Gasteiger charge is -2.23. The minimum Gasteiger partial charge on any atom is -0.486 e. The van der Waals surface area contributed by atoms with Gasteiger partial charge in [-0.05, 0) is 17.7 Å². The molecule has 1 aromatic rings. The summed E-state index contributed by atoms with van der Waals surface area (Å²) in [4.78, 5) is 2.21. The number of benzene rings is 1. The zero-order valence-electron chi connectivity index (χ0n) is 10.9. The van der Waals surface area contributed by atoms with Gasteiger partial charge in [0.15, 0.2) is 11.5 Å². The molecule has 0 atom stereocenters. The second-order valence-corrected chi connectivity index (χ2v) is 4.78. The summed E-state index contributed by atoms with van der Waals surface area (Å²) in [5, 5.41) is 0.601. The predicted molar refractivity (Wildman–Crippen MR) is 78.1 cm³/mol. The largest absolute Gasteiger partial charge is 0.486 e. The van der Waals surface area contributed by atoms with Crippen LogP contribution in [-0.4, -0.2) is 31.2 Å². The normalized spacial score (nSPS) is 13.4. The number of fused-ring (bicyclic) bond motifs is 1. The molecule has 0 aromatic heterocycles. The Morgan fingerprint density at radius 2 is 1.84 bits per heavy atom. The van der Waals surface area contributed by atoms with Crippen LogP contribution in [0.3, 0.4) is 0 Å². The first-order valence-corrected chi connectivity index (χ1v) is 6.64. The summed E-state index contributed by atoms with van der Waals surface area (Å²) < 4.78 is 11.1. The maximum Gasteiger partial charge on any atom is 0.179 e. The Hall–Kier alpha value is -1.45. The lowest BCUT2D eigenvalue weighted by molar-refractivity contribution is 0.171. The van der Waals surface area contributed by atoms with Crippen molar-refractivity contribution < 1.29 is 9.47 Å². The van der Waals surface area contributed by atoms with Gasteiger partial charge in [0.1, 0.15) is 13.2 Å². The lowest BCUT2D eigenvalue weighted by atomic mass is 10.1. The average Bonchev–Trinajstić information content (AvgIpc) is 2.39. The van der Waals surface area contributed by atoms with E-state index in [0.717, 1.165) is 30.9 Å². The number of hydrogen-bond acceptors (Lipinski definition) is 3. The molecular formula is C15H18ClNO2. The van der Waals surface area contributed by atoms with Gasteiger partial charge in [0, 0.05) is 19.6 Å².